The van der Waals surface area contributed by atoms with Crippen molar-refractivity contribution >= 4 is 23.7 Å². The normalized spacial score (nSPS) is 14.2. The van der Waals surface area contributed by atoms with Gasteiger partial charge in [-0.05, 0) is 96.1 Å². The number of aromatic nitrogens is 3. The Kier molecular flexibility index (Phi) is 8.50. The van der Waals surface area contributed by atoms with Gasteiger partial charge in [0.15, 0.2) is 0 Å². The summed E-state index contributed by atoms with van der Waals surface area (Å²) in [4.78, 5) is 33.1. The maximum atomic E-state index is 13.0. The fourth-order valence-corrected chi connectivity index (χ4v) is 4.06. The number of hydrogen-bond acceptors (Lipinski definition) is 8. The van der Waals surface area contributed by atoms with Gasteiger partial charge >= 0.3 is 12.1 Å². The van der Waals surface area contributed by atoms with Crippen molar-refractivity contribution in [1.82, 2.24) is 20.1 Å². The highest BCUT2D eigenvalue weighted by Gasteiger charge is 2.27. The quantitative estimate of drug-likeness (QED) is 0.454. The molecule has 3 aromatic rings. The van der Waals surface area contributed by atoms with Crippen molar-refractivity contribution in [2.24, 2.45) is 0 Å². The number of nitrogens with zero attached hydrogens (tertiary/aromatic N) is 5. The van der Waals surface area contributed by atoms with Crippen LogP contribution in [-0.2, 0) is 4.74 Å². The molecule has 1 aliphatic heterocycles. The average Bonchev–Trinajstić information content (AvgIpc) is 3.37. The number of ether oxygens (including phenoxy) is 1. The number of carbonyl (C=O) groups is 2. The second kappa shape index (κ2) is 12.0. The van der Waals surface area contributed by atoms with Crippen LogP contribution in [0.5, 0.6) is 0 Å². The summed E-state index contributed by atoms with van der Waals surface area (Å²) >= 11 is 0. The lowest BCUT2D eigenvalue weighted by atomic mass is 10.1. The first-order valence-corrected chi connectivity index (χ1v) is 12.7. The number of carbonyl (C=O) groups excluding carboxylic acids is 2. The molecule has 1 aromatic carbocycles. The Morgan fingerprint density at radius 1 is 1.08 bits per heavy atom. The van der Waals surface area contributed by atoms with Crippen molar-refractivity contribution < 1.29 is 18.7 Å². The summed E-state index contributed by atoms with van der Waals surface area (Å²) in [6.45, 7) is 8.96. The number of pyridine rings is 1. The lowest BCUT2D eigenvalue weighted by Gasteiger charge is -2.28. The van der Waals surface area contributed by atoms with Crippen LogP contribution in [0.4, 0.5) is 16.5 Å². The van der Waals surface area contributed by atoms with Gasteiger partial charge in [-0.15, -0.1) is 5.10 Å². The fraction of sp³-hybridized carbons (Fsp3) is 0.444. The zero-order chi connectivity index (χ0) is 26.3. The molecule has 0 aliphatic carbocycles. The number of likely N-dealkylation sites (tertiary alicyclic amines) is 1. The molecule has 37 heavy (non-hydrogen) atoms. The highest BCUT2D eigenvalue weighted by molar-refractivity contribution is 6.04. The van der Waals surface area contributed by atoms with E-state index in [0.29, 0.717) is 23.4 Å². The van der Waals surface area contributed by atoms with Crippen LogP contribution in [0.25, 0.3) is 11.5 Å². The van der Waals surface area contributed by atoms with Crippen LogP contribution in [0.2, 0.25) is 0 Å². The zero-order valence-electron chi connectivity index (χ0n) is 21.6. The molecular weight excluding hydrogens is 472 g/mol. The first kappa shape index (κ1) is 26.3. The highest BCUT2D eigenvalue weighted by Crippen LogP contribution is 2.25. The molecule has 2 amide bonds. The fourth-order valence-electron chi connectivity index (χ4n) is 4.06. The molecule has 0 bridgehead atoms. The van der Waals surface area contributed by atoms with Gasteiger partial charge in [-0.3, -0.25) is 9.78 Å². The van der Waals surface area contributed by atoms with Crippen LogP contribution in [0, 0.1) is 0 Å². The smallest absolute Gasteiger partial charge is 0.418 e. The molecule has 4 rings (SSSR count). The predicted molar refractivity (Wildman–Crippen MR) is 140 cm³/mol. The summed E-state index contributed by atoms with van der Waals surface area (Å²) in [5, 5.41) is 11.1. The molecule has 1 aliphatic rings. The van der Waals surface area contributed by atoms with Crippen molar-refractivity contribution in [1.29, 1.82) is 0 Å². The molecule has 0 spiro atoms. The molecule has 196 valence electrons. The van der Waals surface area contributed by atoms with E-state index in [2.05, 4.69) is 25.4 Å². The molecule has 1 fully saturated rings. The summed E-state index contributed by atoms with van der Waals surface area (Å²) in [7, 11) is 0. The van der Waals surface area contributed by atoms with E-state index >= 15 is 0 Å². The van der Waals surface area contributed by atoms with Crippen molar-refractivity contribution in [2.45, 2.75) is 52.1 Å². The zero-order valence-corrected chi connectivity index (χ0v) is 21.6. The number of hydrogen-bond donors (Lipinski definition) is 1. The Balaban J connectivity index is 1.43. The minimum Gasteiger partial charge on any atom is -0.443 e. The minimum absolute atomic E-state index is 0.0943. The maximum Gasteiger partial charge on any atom is 0.418 e. The minimum atomic E-state index is -0.652. The molecule has 3 heterocycles. The molecule has 0 unspecified atom stereocenters. The third-order valence-corrected chi connectivity index (χ3v) is 5.88. The van der Waals surface area contributed by atoms with E-state index in [1.807, 2.05) is 20.8 Å². The van der Waals surface area contributed by atoms with E-state index in [9.17, 15) is 9.59 Å². The van der Waals surface area contributed by atoms with Gasteiger partial charge in [-0.2, -0.15) is 0 Å². The summed E-state index contributed by atoms with van der Waals surface area (Å²) in [6.07, 6.45) is 7.08. The molecule has 10 nitrogen and oxygen atoms in total. The van der Waals surface area contributed by atoms with Gasteiger partial charge in [0.1, 0.15) is 5.60 Å². The number of amides is 2. The third kappa shape index (κ3) is 7.60. The number of piperidine rings is 1. The Labute approximate surface area is 217 Å². The number of anilines is 2. The molecular formula is C27H34N6O4. The lowest BCUT2D eigenvalue weighted by molar-refractivity contribution is 0.0571. The van der Waals surface area contributed by atoms with E-state index in [4.69, 9.17) is 9.15 Å². The first-order chi connectivity index (χ1) is 17.8. The largest absolute Gasteiger partial charge is 0.443 e. The first-order valence-electron chi connectivity index (χ1n) is 12.7. The van der Waals surface area contributed by atoms with E-state index in [1.165, 1.54) is 30.4 Å². The van der Waals surface area contributed by atoms with Crippen LogP contribution in [-0.4, -0.2) is 63.9 Å². The van der Waals surface area contributed by atoms with E-state index < -0.39 is 11.7 Å². The monoisotopic (exact) mass is 506 g/mol. The topological polar surface area (TPSA) is 114 Å². The van der Waals surface area contributed by atoms with Crippen LogP contribution in [0.15, 0.2) is 53.2 Å². The molecule has 1 saturated heterocycles. The lowest BCUT2D eigenvalue weighted by Crippen LogP contribution is -2.39. The Hall–Kier alpha value is -3.79. The SMILES string of the molecule is CC(C)(C)OC(=O)N(CCCN1CCCCC1)c1nnc(-c2ccc(NC(=O)c3cccnc3)cc2)o1. The predicted octanol–water partition coefficient (Wildman–Crippen LogP) is 5.00. The van der Waals surface area contributed by atoms with Crippen LogP contribution >= 0.6 is 0 Å². The third-order valence-electron chi connectivity index (χ3n) is 5.88. The average molecular weight is 507 g/mol. The van der Waals surface area contributed by atoms with Crippen LogP contribution in [0.1, 0.15) is 56.8 Å². The number of nitrogens with one attached hydrogen (secondary N) is 1. The van der Waals surface area contributed by atoms with Crippen molar-refractivity contribution in [3.05, 3.63) is 54.4 Å². The number of rotatable bonds is 8. The highest BCUT2D eigenvalue weighted by atomic mass is 16.6. The van der Waals surface area contributed by atoms with Gasteiger partial charge in [0.25, 0.3) is 5.91 Å². The molecule has 0 saturated carbocycles. The number of benzene rings is 1. The van der Waals surface area contributed by atoms with E-state index in [-0.39, 0.29) is 17.8 Å². The van der Waals surface area contributed by atoms with Crippen molar-refractivity contribution in [2.75, 3.05) is 36.4 Å². The van der Waals surface area contributed by atoms with Gasteiger partial charge < -0.3 is 19.4 Å². The summed E-state index contributed by atoms with van der Waals surface area (Å²) in [6, 6.07) is 10.5. The van der Waals surface area contributed by atoms with Crippen LogP contribution < -0.4 is 10.2 Å². The van der Waals surface area contributed by atoms with Crippen LogP contribution in [0.3, 0.4) is 0 Å². The summed E-state index contributed by atoms with van der Waals surface area (Å²) in [5.74, 6) is 0.0169. The van der Waals surface area contributed by atoms with Gasteiger partial charge in [-0.1, -0.05) is 11.5 Å². The van der Waals surface area contributed by atoms with E-state index in [1.54, 1.807) is 42.6 Å². The summed E-state index contributed by atoms with van der Waals surface area (Å²) in [5.41, 5.74) is 1.10. The maximum absolute atomic E-state index is 13.0. The Morgan fingerprint density at radius 2 is 1.84 bits per heavy atom. The van der Waals surface area contributed by atoms with Gasteiger partial charge in [0.2, 0.25) is 5.89 Å². The van der Waals surface area contributed by atoms with Gasteiger partial charge in [-0.25, -0.2) is 9.69 Å². The molecule has 10 heteroatoms. The van der Waals surface area contributed by atoms with Crippen molar-refractivity contribution in [3.8, 4) is 11.5 Å². The van der Waals surface area contributed by atoms with Gasteiger partial charge in [0, 0.05) is 30.2 Å². The molecule has 0 atom stereocenters. The molecule has 2 aromatic heterocycles. The molecule has 0 radical (unpaired) electrons. The molecule has 1 N–H and O–H groups in total. The van der Waals surface area contributed by atoms with E-state index in [0.717, 1.165) is 26.1 Å². The standard InChI is InChI=1S/C27H34N6O4/c1-27(2,3)37-26(35)33(18-8-17-32-15-5-4-6-16-32)25-31-30-24(36-25)20-10-12-22(13-11-20)29-23(34)21-9-7-14-28-19-21/h7,9-14,19H,4-6,8,15-18H2,1-3H3,(H,29,34). The Bertz CT molecular complexity index is 1170. The second-order valence-corrected chi connectivity index (χ2v) is 10.1. The van der Waals surface area contributed by atoms with Crippen molar-refractivity contribution in [3.63, 3.8) is 0 Å². The summed E-state index contributed by atoms with van der Waals surface area (Å²) < 4.78 is 11.5. The second-order valence-electron chi connectivity index (χ2n) is 10.1. The Morgan fingerprint density at radius 3 is 2.51 bits per heavy atom. The van der Waals surface area contributed by atoms with Gasteiger partial charge in [0.05, 0.1) is 5.56 Å².